The van der Waals surface area contributed by atoms with Gasteiger partial charge in [0, 0.05) is 0 Å². The molecule has 2 aromatic rings. The summed E-state index contributed by atoms with van der Waals surface area (Å²) < 4.78 is 34.2. The first-order valence-corrected chi connectivity index (χ1v) is 9.85. The van der Waals surface area contributed by atoms with Gasteiger partial charge in [0.25, 0.3) is 0 Å². The van der Waals surface area contributed by atoms with Gasteiger partial charge in [-0.1, -0.05) is 30.3 Å². The van der Waals surface area contributed by atoms with E-state index < -0.39 is 47.0 Å². The van der Waals surface area contributed by atoms with E-state index in [1.165, 1.54) is 0 Å². The molecular weight excluding hydrogens is 376 g/mol. The molecule has 2 aromatic carbocycles. The molecule has 146 valence electrons. The van der Waals surface area contributed by atoms with Gasteiger partial charge in [0.05, 0.1) is 18.8 Å². The summed E-state index contributed by atoms with van der Waals surface area (Å²) in [5.74, 6) is 0. The number of benzene rings is 2. The van der Waals surface area contributed by atoms with Crippen molar-refractivity contribution in [2.24, 2.45) is 0 Å². The van der Waals surface area contributed by atoms with Crippen LogP contribution in [0.4, 0.5) is 5.69 Å². The molecule has 0 radical (unpaired) electrons. The van der Waals surface area contributed by atoms with E-state index in [4.69, 9.17) is 4.74 Å². The fourth-order valence-corrected chi connectivity index (χ4v) is 5.15. The minimum absolute atomic E-state index is 0.338. The minimum atomic E-state index is -4.10. The van der Waals surface area contributed by atoms with Crippen molar-refractivity contribution in [2.75, 3.05) is 17.5 Å². The highest BCUT2D eigenvalue weighted by Crippen LogP contribution is 2.37. The lowest BCUT2D eigenvalue weighted by Gasteiger charge is -2.45. The lowest BCUT2D eigenvalue weighted by molar-refractivity contribution is -0.271. The molecule has 0 bridgehead atoms. The summed E-state index contributed by atoms with van der Waals surface area (Å²) in [5.41, 5.74) is -1.54. The summed E-state index contributed by atoms with van der Waals surface area (Å²) in [6, 6.07) is 12.6. The molecule has 10 heteroatoms. The smallest absolute Gasteiger partial charge is 0.304 e. The quantitative estimate of drug-likeness (QED) is 0.423. The van der Waals surface area contributed by atoms with Crippen LogP contribution in [-0.4, -0.2) is 72.1 Å². The van der Waals surface area contributed by atoms with Gasteiger partial charge in [-0.3, -0.25) is 4.31 Å². The van der Waals surface area contributed by atoms with Gasteiger partial charge in [-0.2, -0.15) is 13.1 Å². The second-order valence-electron chi connectivity index (χ2n) is 6.80. The molecule has 2 heterocycles. The fourth-order valence-electron chi connectivity index (χ4n) is 3.62. The van der Waals surface area contributed by atoms with E-state index in [9.17, 15) is 28.8 Å². The predicted molar refractivity (Wildman–Crippen MR) is 96.1 cm³/mol. The zero-order valence-corrected chi connectivity index (χ0v) is 15.0. The maximum absolute atomic E-state index is 12.7. The first kappa shape index (κ1) is 18.6. The van der Waals surface area contributed by atoms with Crippen LogP contribution in [-0.2, 0) is 14.9 Å². The molecule has 27 heavy (non-hydrogen) atoms. The molecule has 5 N–H and O–H groups in total. The summed E-state index contributed by atoms with van der Waals surface area (Å²) in [5, 5.41) is 41.5. The normalized spacial score (nSPS) is 35.8. The van der Waals surface area contributed by atoms with Gasteiger partial charge >= 0.3 is 10.2 Å². The monoisotopic (exact) mass is 396 g/mol. The van der Waals surface area contributed by atoms with E-state index in [1.807, 2.05) is 24.3 Å². The van der Waals surface area contributed by atoms with Gasteiger partial charge in [0.2, 0.25) is 0 Å². The molecule has 0 unspecified atom stereocenters. The molecular formula is C17H20N2O7S. The third-order valence-electron chi connectivity index (χ3n) is 5.07. The van der Waals surface area contributed by atoms with E-state index >= 15 is 0 Å². The Labute approximate surface area is 155 Å². The van der Waals surface area contributed by atoms with Crippen molar-refractivity contribution in [1.82, 2.24) is 4.72 Å². The van der Waals surface area contributed by atoms with Crippen LogP contribution in [0.1, 0.15) is 0 Å². The number of aliphatic hydroxyl groups is 4. The lowest BCUT2D eigenvalue weighted by Crippen LogP contribution is -2.70. The van der Waals surface area contributed by atoms with Gasteiger partial charge in [-0.25, -0.2) is 0 Å². The van der Waals surface area contributed by atoms with Crippen molar-refractivity contribution in [1.29, 1.82) is 0 Å². The number of nitrogens with one attached hydrogen (secondary N) is 1. The summed E-state index contributed by atoms with van der Waals surface area (Å²) in [6.45, 7) is -0.987. The van der Waals surface area contributed by atoms with Crippen LogP contribution in [0.5, 0.6) is 0 Å². The van der Waals surface area contributed by atoms with Crippen LogP contribution in [0.2, 0.25) is 0 Å². The number of nitrogens with zero attached hydrogens (tertiary/aromatic N) is 1. The molecule has 5 atom stereocenters. The highest BCUT2D eigenvalue weighted by atomic mass is 32.2. The second kappa shape index (κ2) is 6.38. The maximum atomic E-state index is 12.7. The average molecular weight is 396 g/mol. The van der Waals surface area contributed by atoms with Crippen LogP contribution in [0, 0.1) is 0 Å². The van der Waals surface area contributed by atoms with E-state index in [0.29, 0.717) is 5.69 Å². The molecule has 2 aliphatic heterocycles. The molecule has 2 aliphatic rings. The second-order valence-corrected chi connectivity index (χ2v) is 8.39. The molecule has 0 aliphatic carbocycles. The molecule has 0 aromatic heterocycles. The van der Waals surface area contributed by atoms with Crippen LogP contribution < -0.4 is 9.03 Å². The largest absolute Gasteiger partial charge is 0.394 e. The number of hydrogen-bond acceptors (Lipinski definition) is 7. The summed E-state index contributed by atoms with van der Waals surface area (Å²) in [6.07, 6.45) is -6.21. The number of aliphatic hydroxyl groups excluding tert-OH is 4. The summed E-state index contributed by atoms with van der Waals surface area (Å²) >= 11 is 0. The average Bonchev–Trinajstić information content (AvgIpc) is 2.94. The van der Waals surface area contributed by atoms with Crippen molar-refractivity contribution >= 4 is 26.7 Å². The zero-order chi connectivity index (χ0) is 19.4. The first-order valence-electron chi connectivity index (χ1n) is 8.41. The minimum Gasteiger partial charge on any atom is -0.394 e. The molecule has 0 saturated carbocycles. The van der Waals surface area contributed by atoms with E-state index in [-0.39, 0.29) is 6.54 Å². The van der Waals surface area contributed by atoms with Crippen molar-refractivity contribution in [3.8, 4) is 0 Å². The molecule has 2 saturated heterocycles. The van der Waals surface area contributed by atoms with E-state index in [0.717, 1.165) is 15.1 Å². The number of anilines is 1. The summed E-state index contributed by atoms with van der Waals surface area (Å²) in [7, 11) is -4.10. The number of rotatable bonds is 2. The summed E-state index contributed by atoms with van der Waals surface area (Å²) in [4.78, 5) is 0. The third-order valence-corrected chi connectivity index (χ3v) is 6.59. The SMILES string of the molecule is O=S1(=O)N[C@@]2(CN1c1ccc3ccccc3c1)O[C@H](CO)[C@@H](O)[C@H](O)[C@H]2O. The zero-order valence-electron chi connectivity index (χ0n) is 14.1. The number of hydrogen-bond donors (Lipinski definition) is 5. The Kier molecular flexibility index (Phi) is 4.39. The van der Waals surface area contributed by atoms with Gasteiger partial charge in [-0.05, 0) is 22.9 Å². The van der Waals surface area contributed by atoms with Crippen LogP contribution in [0.15, 0.2) is 42.5 Å². The fraction of sp³-hybridized carbons (Fsp3) is 0.412. The van der Waals surface area contributed by atoms with Gasteiger partial charge in [0.1, 0.15) is 24.4 Å². The Morgan fingerprint density at radius 3 is 2.52 bits per heavy atom. The van der Waals surface area contributed by atoms with Gasteiger partial charge in [-0.15, -0.1) is 0 Å². The van der Waals surface area contributed by atoms with Crippen LogP contribution in [0.3, 0.4) is 0 Å². The van der Waals surface area contributed by atoms with Crippen molar-refractivity contribution < 1.29 is 33.6 Å². The van der Waals surface area contributed by atoms with Crippen LogP contribution >= 0.6 is 0 Å². The predicted octanol–water partition coefficient (Wildman–Crippen LogP) is -1.34. The molecule has 2 fully saturated rings. The number of ether oxygens (including phenoxy) is 1. The topological polar surface area (TPSA) is 140 Å². The van der Waals surface area contributed by atoms with E-state index in [2.05, 4.69) is 4.72 Å². The van der Waals surface area contributed by atoms with Crippen molar-refractivity contribution in [3.05, 3.63) is 42.5 Å². The van der Waals surface area contributed by atoms with Gasteiger partial charge < -0.3 is 25.2 Å². The molecule has 1 spiro atoms. The highest BCUT2D eigenvalue weighted by molar-refractivity contribution is 7.91. The third kappa shape index (κ3) is 2.90. The molecule has 9 nitrogen and oxygen atoms in total. The Hall–Kier alpha value is -1.79. The Morgan fingerprint density at radius 2 is 1.81 bits per heavy atom. The first-order chi connectivity index (χ1) is 12.8. The Morgan fingerprint density at radius 1 is 1.11 bits per heavy atom. The van der Waals surface area contributed by atoms with Gasteiger partial charge in [0.15, 0.2) is 5.72 Å². The molecule has 0 amide bonds. The maximum Gasteiger partial charge on any atom is 0.304 e. The number of fused-ring (bicyclic) bond motifs is 1. The Balaban J connectivity index is 1.73. The highest BCUT2D eigenvalue weighted by Gasteiger charge is 2.60. The lowest BCUT2D eigenvalue weighted by atomic mass is 9.91. The van der Waals surface area contributed by atoms with E-state index in [1.54, 1.807) is 18.2 Å². The standard InChI is InChI=1S/C17H20N2O7S/c20-8-13-14(21)15(22)16(23)17(26-13)9-19(27(24,25)18-17)12-6-5-10-3-1-2-4-11(10)7-12/h1-7,13-16,18,20-23H,8-9H2/t13-,14-,15+,16-,17+/m1/s1. The van der Waals surface area contributed by atoms with Crippen molar-refractivity contribution in [2.45, 2.75) is 30.1 Å². The Bertz CT molecular complexity index is 967. The van der Waals surface area contributed by atoms with Crippen LogP contribution in [0.25, 0.3) is 10.8 Å². The van der Waals surface area contributed by atoms with Crippen molar-refractivity contribution in [3.63, 3.8) is 0 Å². The molecule has 4 rings (SSSR count).